The third-order valence-corrected chi connectivity index (χ3v) is 4.51. The summed E-state index contributed by atoms with van der Waals surface area (Å²) in [4.78, 5) is 0. The Kier molecular flexibility index (Phi) is 15.7. The molecule has 0 rings (SSSR count). The van der Waals surface area contributed by atoms with Crippen molar-refractivity contribution in [2.24, 2.45) is 5.73 Å². The molecule has 0 saturated carbocycles. The van der Waals surface area contributed by atoms with Crippen LogP contribution in [0.15, 0.2) is 0 Å². The van der Waals surface area contributed by atoms with E-state index in [1.807, 2.05) is 0 Å². The largest absolute Gasteiger partial charge is 0.365 e. The Morgan fingerprint density at radius 1 is 0.591 bits per heavy atom. The molecule has 0 amide bonds. The van der Waals surface area contributed by atoms with Gasteiger partial charge >= 0.3 is 0 Å². The van der Waals surface area contributed by atoms with E-state index in [1.165, 1.54) is 83.5 Å². The number of unbranched alkanes of at least 4 members (excludes halogenated alkanes) is 14. The molecular weight excluding hydrogens is 274 g/mol. The van der Waals surface area contributed by atoms with E-state index < -0.39 is 5.79 Å². The van der Waals surface area contributed by atoms with Gasteiger partial charge in [0.2, 0.25) is 0 Å². The summed E-state index contributed by atoms with van der Waals surface area (Å²) in [6.45, 7) is 2.21. The predicted molar refractivity (Wildman–Crippen MR) is 95.8 cm³/mol. The van der Waals surface area contributed by atoms with E-state index >= 15 is 0 Å². The van der Waals surface area contributed by atoms with E-state index in [1.54, 1.807) is 0 Å². The van der Waals surface area contributed by atoms with Crippen molar-refractivity contribution in [2.75, 3.05) is 6.54 Å². The van der Waals surface area contributed by atoms with Gasteiger partial charge in [0.1, 0.15) is 0 Å². The number of aliphatic hydroxyl groups is 2. The highest BCUT2D eigenvalue weighted by Crippen LogP contribution is 2.15. The molecule has 0 aliphatic heterocycles. The van der Waals surface area contributed by atoms with E-state index in [2.05, 4.69) is 6.92 Å². The molecule has 3 nitrogen and oxygen atoms in total. The Hall–Kier alpha value is -0.120. The number of rotatable bonds is 17. The van der Waals surface area contributed by atoms with Crippen LogP contribution in [0.3, 0.4) is 0 Å². The Labute approximate surface area is 138 Å². The van der Waals surface area contributed by atoms with Gasteiger partial charge in [0, 0.05) is 13.0 Å². The van der Waals surface area contributed by atoms with Crippen molar-refractivity contribution in [2.45, 2.75) is 115 Å². The summed E-state index contributed by atoms with van der Waals surface area (Å²) in [5.41, 5.74) is 5.27. The van der Waals surface area contributed by atoms with E-state index in [9.17, 15) is 10.2 Å². The molecule has 0 unspecified atom stereocenters. The molecule has 22 heavy (non-hydrogen) atoms. The van der Waals surface area contributed by atoms with Crippen LogP contribution in [0.2, 0.25) is 0 Å². The first-order chi connectivity index (χ1) is 10.6. The second-order valence-corrected chi connectivity index (χ2v) is 6.89. The zero-order chi connectivity index (χ0) is 16.5. The standard InChI is InChI=1S/C19H41NO2/c1-2-3-4-5-6-7-8-9-10-11-12-13-14-15-16-17-19(21,22)18-20/h21-22H,2-18,20H2,1H3. The average Bonchev–Trinajstić information content (AvgIpc) is 2.51. The summed E-state index contributed by atoms with van der Waals surface area (Å²) >= 11 is 0. The van der Waals surface area contributed by atoms with Gasteiger partial charge in [-0.2, -0.15) is 0 Å². The number of nitrogens with two attached hydrogens (primary N) is 1. The lowest BCUT2D eigenvalue weighted by molar-refractivity contribution is -0.157. The maximum atomic E-state index is 9.36. The zero-order valence-electron chi connectivity index (χ0n) is 15.0. The van der Waals surface area contributed by atoms with E-state index in [4.69, 9.17) is 5.73 Å². The second-order valence-electron chi connectivity index (χ2n) is 6.89. The van der Waals surface area contributed by atoms with Crippen LogP contribution < -0.4 is 5.73 Å². The summed E-state index contributed by atoms with van der Waals surface area (Å²) in [5, 5.41) is 18.7. The number of hydrogen-bond donors (Lipinski definition) is 3. The van der Waals surface area contributed by atoms with E-state index in [0.29, 0.717) is 6.42 Å². The lowest BCUT2D eigenvalue weighted by Crippen LogP contribution is -2.37. The molecule has 4 N–H and O–H groups in total. The lowest BCUT2D eigenvalue weighted by atomic mass is 10.0. The van der Waals surface area contributed by atoms with Gasteiger partial charge in [0.15, 0.2) is 5.79 Å². The molecule has 134 valence electrons. The quantitative estimate of drug-likeness (QED) is 0.264. The van der Waals surface area contributed by atoms with Gasteiger partial charge in [-0.1, -0.05) is 96.8 Å². The summed E-state index contributed by atoms with van der Waals surface area (Å²) in [6.07, 6.45) is 20.2. The minimum Gasteiger partial charge on any atom is -0.365 e. The number of hydrogen-bond acceptors (Lipinski definition) is 3. The van der Waals surface area contributed by atoms with Crippen LogP contribution >= 0.6 is 0 Å². The van der Waals surface area contributed by atoms with Gasteiger partial charge in [-0.3, -0.25) is 0 Å². The Morgan fingerprint density at radius 3 is 1.23 bits per heavy atom. The Balaban J connectivity index is 3.06. The van der Waals surface area contributed by atoms with Gasteiger partial charge in [0.05, 0.1) is 0 Å². The van der Waals surface area contributed by atoms with Crippen molar-refractivity contribution >= 4 is 0 Å². The minimum atomic E-state index is -1.64. The maximum absolute atomic E-state index is 9.36. The molecule has 0 fully saturated rings. The van der Waals surface area contributed by atoms with Crippen molar-refractivity contribution in [3.8, 4) is 0 Å². The van der Waals surface area contributed by atoms with Gasteiger partial charge in [-0.15, -0.1) is 0 Å². The highest BCUT2D eigenvalue weighted by atomic mass is 16.5. The summed E-state index contributed by atoms with van der Waals surface area (Å²) in [6, 6.07) is 0. The van der Waals surface area contributed by atoms with Crippen LogP contribution in [-0.2, 0) is 0 Å². The topological polar surface area (TPSA) is 66.5 Å². The predicted octanol–water partition coefficient (Wildman–Crippen LogP) is 4.89. The van der Waals surface area contributed by atoms with E-state index in [-0.39, 0.29) is 6.54 Å². The average molecular weight is 316 g/mol. The first-order valence-electron chi connectivity index (χ1n) is 9.77. The van der Waals surface area contributed by atoms with Crippen LogP contribution in [0.25, 0.3) is 0 Å². The molecule has 0 aliphatic carbocycles. The van der Waals surface area contributed by atoms with Crippen LogP contribution in [0.5, 0.6) is 0 Å². The SMILES string of the molecule is CCCCCCCCCCCCCCCCCC(O)(O)CN. The molecule has 0 atom stereocenters. The third-order valence-electron chi connectivity index (χ3n) is 4.51. The fourth-order valence-corrected chi connectivity index (χ4v) is 2.88. The fourth-order valence-electron chi connectivity index (χ4n) is 2.88. The molecule has 0 spiro atoms. The van der Waals surface area contributed by atoms with Gasteiger partial charge in [0.25, 0.3) is 0 Å². The molecule has 0 bridgehead atoms. The highest BCUT2D eigenvalue weighted by molar-refractivity contribution is 4.64. The monoisotopic (exact) mass is 315 g/mol. The van der Waals surface area contributed by atoms with Crippen molar-refractivity contribution in [1.82, 2.24) is 0 Å². The van der Waals surface area contributed by atoms with E-state index in [0.717, 1.165) is 12.8 Å². The van der Waals surface area contributed by atoms with Crippen molar-refractivity contribution in [3.63, 3.8) is 0 Å². The zero-order valence-corrected chi connectivity index (χ0v) is 15.0. The Bertz CT molecular complexity index is 219. The van der Waals surface area contributed by atoms with Crippen LogP contribution in [0.1, 0.15) is 110 Å². The van der Waals surface area contributed by atoms with Crippen molar-refractivity contribution in [3.05, 3.63) is 0 Å². The normalized spacial score (nSPS) is 12.0. The molecule has 0 aliphatic rings. The molecule has 0 aromatic heterocycles. The molecule has 0 heterocycles. The molecule has 3 heteroatoms. The molecular formula is C19H41NO2. The first kappa shape index (κ1) is 21.9. The maximum Gasteiger partial charge on any atom is 0.175 e. The fraction of sp³-hybridized carbons (Fsp3) is 1.00. The summed E-state index contributed by atoms with van der Waals surface area (Å²) < 4.78 is 0. The summed E-state index contributed by atoms with van der Waals surface area (Å²) in [7, 11) is 0. The van der Waals surface area contributed by atoms with Gasteiger partial charge < -0.3 is 15.9 Å². The second kappa shape index (κ2) is 15.8. The Morgan fingerprint density at radius 2 is 0.909 bits per heavy atom. The third kappa shape index (κ3) is 16.3. The van der Waals surface area contributed by atoms with Crippen LogP contribution in [0.4, 0.5) is 0 Å². The molecule has 0 aromatic rings. The van der Waals surface area contributed by atoms with Crippen LogP contribution in [0, 0.1) is 0 Å². The smallest absolute Gasteiger partial charge is 0.175 e. The summed E-state index contributed by atoms with van der Waals surface area (Å²) in [5.74, 6) is -1.64. The van der Waals surface area contributed by atoms with Crippen molar-refractivity contribution < 1.29 is 10.2 Å². The first-order valence-corrected chi connectivity index (χ1v) is 9.77. The highest BCUT2D eigenvalue weighted by Gasteiger charge is 2.18. The van der Waals surface area contributed by atoms with Crippen molar-refractivity contribution in [1.29, 1.82) is 0 Å². The van der Waals surface area contributed by atoms with Gasteiger partial charge in [-0.25, -0.2) is 0 Å². The lowest BCUT2D eigenvalue weighted by Gasteiger charge is -2.18. The molecule has 0 saturated heterocycles. The minimum absolute atomic E-state index is 0.0639. The molecule has 0 radical (unpaired) electrons. The van der Waals surface area contributed by atoms with Gasteiger partial charge in [-0.05, 0) is 6.42 Å². The molecule has 0 aromatic carbocycles. The van der Waals surface area contributed by atoms with Crippen LogP contribution in [-0.4, -0.2) is 22.5 Å².